The van der Waals surface area contributed by atoms with E-state index in [0.29, 0.717) is 16.8 Å². The Kier molecular flexibility index (Phi) is 3.58. The molecule has 8 heteroatoms. The average Bonchev–Trinajstić information content (AvgIpc) is 2.94. The van der Waals surface area contributed by atoms with Crippen molar-refractivity contribution in [3.8, 4) is 11.4 Å². The summed E-state index contributed by atoms with van der Waals surface area (Å²) in [5.74, 6) is 7.24. The van der Waals surface area contributed by atoms with Crippen molar-refractivity contribution in [3.63, 3.8) is 0 Å². The molecule has 0 saturated heterocycles. The fraction of sp³-hybridized carbons (Fsp3) is 0.0625. The summed E-state index contributed by atoms with van der Waals surface area (Å²) in [6, 6.07) is 11.6. The summed E-state index contributed by atoms with van der Waals surface area (Å²) in [5.41, 5.74) is 1.77. The van der Waals surface area contributed by atoms with Crippen molar-refractivity contribution in [1.29, 1.82) is 0 Å². The molecule has 0 atom stereocenters. The molecule has 118 valence electrons. The topological polar surface area (TPSA) is 95.4 Å². The van der Waals surface area contributed by atoms with E-state index in [-0.39, 0.29) is 0 Å². The van der Waals surface area contributed by atoms with E-state index in [1.54, 1.807) is 19.3 Å². The van der Waals surface area contributed by atoms with Gasteiger partial charge in [-0.3, -0.25) is 4.98 Å². The number of benzene rings is 1. The quantitative estimate of drug-likeness (QED) is 0.454. The van der Waals surface area contributed by atoms with Gasteiger partial charge < -0.3 is 5.84 Å². The van der Waals surface area contributed by atoms with Crippen LogP contribution in [0.4, 0.5) is 0 Å². The normalized spacial score (nSPS) is 11.0. The highest BCUT2D eigenvalue weighted by Crippen LogP contribution is 2.31. The molecule has 0 unspecified atom stereocenters. The van der Waals surface area contributed by atoms with Gasteiger partial charge in [0, 0.05) is 23.3 Å². The van der Waals surface area contributed by atoms with Gasteiger partial charge in [0.15, 0.2) is 5.82 Å². The van der Waals surface area contributed by atoms with E-state index in [1.165, 1.54) is 16.4 Å². The van der Waals surface area contributed by atoms with Crippen molar-refractivity contribution in [2.45, 2.75) is 17.1 Å². The van der Waals surface area contributed by atoms with E-state index in [2.05, 4.69) is 20.2 Å². The average molecular weight is 335 g/mol. The number of hydrogen-bond donors (Lipinski definition) is 1. The molecule has 1 aromatic carbocycles. The minimum atomic E-state index is 0.581. The Morgan fingerprint density at radius 2 is 1.79 bits per heavy atom. The number of para-hydroxylation sites is 1. The molecule has 0 bridgehead atoms. The van der Waals surface area contributed by atoms with Crippen LogP contribution < -0.4 is 5.84 Å². The van der Waals surface area contributed by atoms with Gasteiger partial charge in [-0.1, -0.05) is 18.2 Å². The van der Waals surface area contributed by atoms with Crippen LogP contribution in [0.3, 0.4) is 0 Å². The van der Waals surface area contributed by atoms with Crippen molar-refractivity contribution < 1.29 is 0 Å². The number of hydrogen-bond acceptors (Lipinski definition) is 7. The van der Waals surface area contributed by atoms with Crippen LogP contribution in [-0.2, 0) is 0 Å². The largest absolute Gasteiger partial charge is 0.336 e. The second kappa shape index (κ2) is 5.89. The van der Waals surface area contributed by atoms with Crippen molar-refractivity contribution in [2.75, 3.05) is 5.84 Å². The fourth-order valence-corrected chi connectivity index (χ4v) is 3.16. The van der Waals surface area contributed by atoms with Crippen molar-refractivity contribution in [3.05, 3.63) is 54.6 Å². The highest BCUT2D eigenvalue weighted by atomic mass is 32.2. The maximum Gasteiger partial charge on any atom is 0.216 e. The van der Waals surface area contributed by atoms with E-state index in [9.17, 15) is 0 Å². The molecule has 0 amide bonds. The number of rotatable bonds is 3. The smallest absolute Gasteiger partial charge is 0.216 e. The summed E-state index contributed by atoms with van der Waals surface area (Å²) in [4.78, 5) is 13.4. The van der Waals surface area contributed by atoms with Gasteiger partial charge >= 0.3 is 0 Å². The molecule has 0 fully saturated rings. The summed E-state index contributed by atoms with van der Waals surface area (Å²) < 4.78 is 1.45. The molecule has 4 aromatic rings. The molecule has 4 rings (SSSR count). The minimum Gasteiger partial charge on any atom is -0.336 e. The third kappa shape index (κ3) is 2.56. The first-order chi connectivity index (χ1) is 11.7. The number of fused-ring (bicyclic) bond motifs is 1. The number of nitrogen functional groups attached to an aromatic ring is 1. The number of aromatic nitrogens is 6. The van der Waals surface area contributed by atoms with Gasteiger partial charge in [-0.25, -0.2) is 14.6 Å². The Balaban J connectivity index is 1.88. The van der Waals surface area contributed by atoms with E-state index >= 15 is 0 Å². The van der Waals surface area contributed by atoms with Crippen LogP contribution in [0.2, 0.25) is 0 Å². The second-order valence-corrected chi connectivity index (χ2v) is 6.06. The number of nitrogens with zero attached hydrogens (tertiary/aromatic N) is 6. The van der Waals surface area contributed by atoms with Crippen LogP contribution in [-0.4, -0.2) is 29.8 Å². The number of nitrogens with two attached hydrogens (primary N) is 1. The van der Waals surface area contributed by atoms with Gasteiger partial charge in [0.1, 0.15) is 10.9 Å². The Bertz CT molecular complexity index is 1010. The maximum atomic E-state index is 5.96. The molecule has 3 aromatic heterocycles. The van der Waals surface area contributed by atoms with Crippen LogP contribution in [0.15, 0.2) is 59.0 Å². The molecule has 2 N–H and O–H groups in total. The third-order valence-electron chi connectivity index (χ3n) is 3.53. The van der Waals surface area contributed by atoms with Crippen LogP contribution in [0, 0.1) is 6.92 Å². The first-order valence-electron chi connectivity index (χ1n) is 7.24. The van der Waals surface area contributed by atoms with Gasteiger partial charge in [-0.15, -0.1) is 10.2 Å². The van der Waals surface area contributed by atoms with Crippen LogP contribution >= 0.6 is 11.8 Å². The summed E-state index contributed by atoms with van der Waals surface area (Å²) >= 11 is 1.37. The van der Waals surface area contributed by atoms with E-state index in [1.807, 2.05) is 36.4 Å². The molecule has 0 aliphatic carbocycles. The zero-order chi connectivity index (χ0) is 16.5. The summed E-state index contributed by atoms with van der Waals surface area (Å²) in [6.45, 7) is 1.80. The molecule has 0 radical (unpaired) electrons. The Morgan fingerprint density at radius 1 is 1.00 bits per heavy atom. The van der Waals surface area contributed by atoms with Gasteiger partial charge in [0.25, 0.3) is 0 Å². The van der Waals surface area contributed by atoms with Crippen molar-refractivity contribution in [1.82, 2.24) is 29.8 Å². The molecule has 3 heterocycles. The molecule has 0 aliphatic rings. The predicted octanol–water partition coefficient (Wildman–Crippen LogP) is 2.46. The lowest BCUT2D eigenvalue weighted by molar-refractivity contribution is 0.824. The highest BCUT2D eigenvalue weighted by Gasteiger charge is 2.14. The zero-order valence-corrected chi connectivity index (χ0v) is 13.6. The van der Waals surface area contributed by atoms with E-state index < -0.39 is 0 Å². The Labute approximate surface area is 142 Å². The lowest BCUT2D eigenvalue weighted by atomic mass is 10.2. The molecular formula is C16H13N7S. The highest BCUT2D eigenvalue weighted by molar-refractivity contribution is 7.99. The number of aryl methyl sites for hydroxylation is 1. The molecule has 24 heavy (non-hydrogen) atoms. The Hall–Kier alpha value is -3.00. The lowest BCUT2D eigenvalue weighted by Crippen LogP contribution is -2.11. The third-order valence-corrected chi connectivity index (χ3v) is 4.50. The molecule has 0 spiro atoms. The first-order valence-corrected chi connectivity index (χ1v) is 8.06. The summed E-state index contributed by atoms with van der Waals surface area (Å²) in [7, 11) is 0. The fourth-order valence-electron chi connectivity index (χ4n) is 2.26. The number of pyridine rings is 1. The van der Waals surface area contributed by atoms with E-state index in [4.69, 9.17) is 10.8 Å². The molecular weight excluding hydrogens is 322 g/mol. The predicted molar refractivity (Wildman–Crippen MR) is 91.8 cm³/mol. The molecule has 0 aliphatic heterocycles. The SMILES string of the molecule is Cc1nnc(Sc2nc(-c3ccncc3)nc3ccccc23)n1N. The standard InChI is InChI=1S/C16H13N7S/c1-10-21-22-16(23(10)17)24-15-12-4-2-3-5-13(12)19-14(20-15)11-6-8-18-9-7-11/h2-9H,17H2,1H3. The second-order valence-electron chi connectivity index (χ2n) is 5.11. The van der Waals surface area contributed by atoms with Gasteiger partial charge in [-0.2, -0.15) is 0 Å². The monoisotopic (exact) mass is 335 g/mol. The summed E-state index contributed by atoms with van der Waals surface area (Å²) in [5, 5.41) is 10.4. The van der Waals surface area contributed by atoms with Gasteiger partial charge in [-0.05, 0) is 36.9 Å². The molecule has 0 saturated carbocycles. The van der Waals surface area contributed by atoms with E-state index in [0.717, 1.165) is 21.5 Å². The van der Waals surface area contributed by atoms with Crippen molar-refractivity contribution in [2.24, 2.45) is 0 Å². The minimum absolute atomic E-state index is 0.581. The first kappa shape index (κ1) is 14.6. The van der Waals surface area contributed by atoms with Gasteiger partial charge in [0.2, 0.25) is 5.16 Å². The zero-order valence-electron chi connectivity index (χ0n) is 12.8. The van der Waals surface area contributed by atoms with Crippen molar-refractivity contribution >= 4 is 22.7 Å². The Morgan fingerprint density at radius 3 is 2.54 bits per heavy atom. The van der Waals surface area contributed by atoms with Crippen LogP contribution in [0.5, 0.6) is 0 Å². The molecule has 7 nitrogen and oxygen atoms in total. The van der Waals surface area contributed by atoms with Crippen LogP contribution in [0.25, 0.3) is 22.3 Å². The summed E-state index contributed by atoms with van der Waals surface area (Å²) in [6.07, 6.45) is 3.45. The van der Waals surface area contributed by atoms with Crippen LogP contribution in [0.1, 0.15) is 5.82 Å². The van der Waals surface area contributed by atoms with Gasteiger partial charge in [0.05, 0.1) is 5.52 Å². The maximum absolute atomic E-state index is 5.96. The lowest BCUT2D eigenvalue weighted by Gasteiger charge is -2.08.